The van der Waals surface area contributed by atoms with E-state index in [0.29, 0.717) is 0 Å². The Balaban J connectivity index is 1.93. The van der Waals surface area contributed by atoms with Crippen LogP contribution in [0.4, 0.5) is 0 Å². The van der Waals surface area contributed by atoms with Crippen molar-refractivity contribution in [2.45, 2.75) is 71.4 Å². The van der Waals surface area contributed by atoms with E-state index in [9.17, 15) is 24.0 Å². The second kappa shape index (κ2) is 11.4. The summed E-state index contributed by atoms with van der Waals surface area (Å²) < 4.78 is 33.2. The second-order valence-corrected chi connectivity index (χ2v) is 8.58. The highest BCUT2D eigenvalue weighted by molar-refractivity contribution is 5.84. The lowest BCUT2D eigenvalue weighted by molar-refractivity contribution is -0.268. The number of hydrogen-bond donors (Lipinski definition) is 1. The summed E-state index contributed by atoms with van der Waals surface area (Å²) in [5.74, 6) is -2.91. The smallest absolute Gasteiger partial charge is 0.331 e. The van der Waals surface area contributed by atoms with Gasteiger partial charge in [0.2, 0.25) is 12.2 Å². The van der Waals surface area contributed by atoms with Crippen LogP contribution in [0.1, 0.15) is 34.6 Å². The highest BCUT2D eigenvalue weighted by atomic mass is 16.7. The molecule has 12 nitrogen and oxygen atoms in total. The molecule has 1 aliphatic carbocycles. The zero-order chi connectivity index (χ0) is 26.6. The van der Waals surface area contributed by atoms with Gasteiger partial charge in [-0.1, -0.05) is 11.6 Å². The highest BCUT2D eigenvalue weighted by Gasteiger charge is 2.52. The van der Waals surface area contributed by atoms with Crippen molar-refractivity contribution in [3.8, 4) is 0 Å². The van der Waals surface area contributed by atoms with E-state index in [2.05, 4.69) is 5.32 Å². The van der Waals surface area contributed by atoms with E-state index in [0.717, 1.165) is 19.4 Å². The van der Waals surface area contributed by atoms with Gasteiger partial charge in [0.15, 0.2) is 12.2 Å². The molecule has 3 aliphatic rings. The van der Waals surface area contributed by atoms with E-state index < -0.39 is 66.5 Å². The fourth-order valence-corrected chi connectivity index (χ4v) is 4.20. The Kier molecular flexibility index (Phi) is 8.51. The molecule has 12 heteroatoms. The molecule has 0 unspecified atom stereocenters. The summed E-state index contributed by atoms with van der Waals surface area (Å²) in [4.78, 5) is 59.1. The first kappa shape index (κ1) is 26.9. The van der Waals surface area contributed by atoms with E-state index in [1.807, 2.05) is 6.92 Å². The van der Waals surface area contributed by atoms with E-state index in [-0.39, 0.29) is 18.3 Å². The van der Waals surface area contributed by atoms with Crippen molar-refractivity contribution in [1.82, 2.24) is 5.32 Å². The Morgan fingerprint density at radius 1 is 1.00 bits per heavy atom. The van der Waals surface area contributed by atoms with E-state index in [1.165, 1.54) is 19.9 Å². The predicted molar refractivity (Wildman–Crippen MR) is 119 cm³/mol. The summed E-state index contributed by atoms with van der Waals surface area (Å²) in [6, 6.07) is -1.12. The van der Waals surface area contributed by atoms with Crippen LogP contribution in [0.3, 0.4) is 0 Å². The molecule has 1 amide bonds. The molecular weight excluding hydrogens is 478 g/mol. The lowest BCUT2D eigenvalue weighted by Gasteiger charge is -2.45. The van der Waals surface area contributed by atoms with Crippen molar-refractivity contribution in [3.63, 3.8) is 0 Å². The molecule has 3 rings (SSSR count). The number of rotatable bonds is 7. The molecule has 36 heavy (non-hydrogen) atoms. The number of carbonyl (C=O) groups excluding carboxylic acids is 5. The summed E-state index contributed by atoms with van der Waals surface area (Å²) in [7, 11) is 0. The van der Waals surface area contributed by atoms with Crippen LogP contribution in [0.2, 0.25) is 0 Å². The average molecular weight is 507 g/mol. The van der Waals surface area contributed by atoms with Gasteiger partial charge in [-0.15, -0.1) is 0 Å². The third kappa shape index (κ3) is 6.72. The third-order valence-electron chi connectivity index (χ3n) is 5.60. The lowest BCUT2D eigenvalue weighted by atomic mass is 9.88. The molecule has 0 aromatic rings. The van der Waals surface area contributed by atoms with Crippen molar-refractivity contribution < 1.29 is 52.4 Å². The first-order chi connectivity index (χ1) is 16.9. The number of esters is 4. The topological polar surface area (TPSA) is 153 Å². The molecule has 196 valence electrons. The van der Waals surface area contributed by atoms with Gasteiger partial charge in [-0.05, 0) is 19.1 Å². The number of fused-ring (bicyclic) bond motifs is 1. The van der Waals surface area contributed by atoms with Crippen LogP contribution < -0.4 is 5.32 Å². The van der Waals surface area contributed by atoms with Gasteiger partial charge >= 0.3 is 23.9 Å². The fraction of sp³-hybridized carbons (Fsp3) is 0.542. The molecular formula is C24H29NO11. The van der Waals surface area contributed by atoms with Crippen molar-refractivity contribution in [3.05, 3.63) is 35.6 Å². The second-order valence-electron chi connectivity index (χ2n) is 8.58. The Morgan fingerprint density at radius 2 is 1.67 bits per heavy atom. The van der Waals surface area contributed by atoms with Gasteiger partial charge < -0.3 is 33.7 Å². The molecule has 0 aromatic heterocycles. The quantitative estimate of drug-likeness (QED) is 0.381. The van der Waals surface area contributed by atoms with Crippen LogP contribution in [-0.2, 0) is 52.4 Å². The zero-order valence-electron chi connectivity index (χ0n) is 20.5. The lowest BCUT2D eigenvalue weighted by Crippen LogP contribution is -2.66. The Labute approximate surface area is 207 Å². The number of nitrogens with one attached hydrogen (secondary N) is 1. The molecule has 2 aliphatic heterocycles. The van der Waals surface area contributed by atoms with E-state index in [1.54, 1.807) is 18.2 Å². The van der Waals surface area contributed by atoms with Crippen molar-refractivity contribution in [2.75, 3.05) is 6.61 Å². The first-order valence-corrected chi connectivity index (χ1v) is 11.3. The minimum atomic E-state index is -1.27. The van der Waals surface area contributed by atoms with Crippen LogP contribution in [0.5, 0.6) is 0 Å². The number of ether oxygens (including phenoxy) is 6. The van der Waals surface area contributed by atoms with Crippen LogP contribution in [0.25, 0.3) is 0 Å². The summed E-state index contributed by atoms with van der Waals surface area (Å²) in [6.07, 6.45) is 1.02. The first-order valence-electron chi connectivity index (χ1n) is 11.3. The molecule has 1 N–H and O–H groups in total. The third-order valence-corrected chi connectivity index (χ3v) is 5.60. The molecule has 0 spiro atoms. The molecule has 1 saturated heterocycles. The largest absolute Gasteiger partial charge is 0.463 e. The van der Waals surface area contributed by atoms with Gasteiger partial charge in [-0.2, -0.15) is 0 Å². The maximum atomic E-state index is 12.0. The summed E-state index contributed by atoms with van der Waals surface area (Å²) in [5, 5.41) is 2.62. The fourth-order valence-electron chi connectivity index (χ4n) is 4.20. The van der Waals surface area contributed by atoms with E-state index >= 15 is 0 Å². The van der Waals surface area contributed by atoms with Crippen molar-refractivity contribution in [1.29, 1.82) is 0 Å². The maximum Gasteiger partial charge on any atom is 0.331 e. The molecule has 1 fully saturated rings. The SMILES string of the molecule is CC(=O)N[C@H]1[C@H](OC2=C[C@@H]3OC(=O)C=C(C)[C@@H]3C=C2)O[C@@H](COC(C)=O)[C@@H](OC(C)=O)[C@@H]1OC(C)=O. The monoisotopic (exact) mass is 507 g/mol. The predicted octanol–water partition coefficient (Wildman–Crippen LogP) is 0.601. The maximum absolute atomic E-state index is 12.0. The minimum absolute atomic E-state index is 0.160. The van der Waals surface area contributed by atoms with Gasteiger partial charge in [0.25, 0.3) is 0 Å². The van der Waals surface area contributed by atoms with Crippen LogP contribution in [-0.4, -0.2) is 73.1 Å². The Hall–Kier alpha value is -3.67. The molecule has 0 saturated carbocycles. The minimum Gasteiger partial charge on any atom is -0.463 e. The molecule has 0 bridgehead atoms. The Bertz CT molecular complexity index is 1010. The number of hydrogen-bond acceptors (Lipinski definition) is 11. The summed E-state index contributed by atoms with van der Waals surface area (Å²) >= 11 is 0. The Morgan fingerprint density at radius 3 is 2.28 bits per heavy atom. The van der Waals surface area contributed by atoms with Gasteiger partial charge in [0.1, 0.15) is 30.6 Å². The molecule has 2 heterocycles. The highest BCUT2D eigenvalue weighted by Crippen LogP contribution is 2.33. The number of allylic oxidation sites excluding steroid dienone is 1. The number of carbonyl (C=O) groups is 5. The van der Waals surface area contributed by atoms with Crippen LogP contribution >= 0.6 is 0 Å². The zero-order valence-corrected chi connectivity index (χ0v) is 20.5. The van der Waals surface area contributed by atoms with Gasteiger partial charge in [-0.3, -0.25) is 19.2 Å². The van der Waals surface area contributed by atoms with Gasteiger partial charge in [-0.25, -0.2) is 4.79 Å². The summed E-state index contributed by atoms with van der Waals surface area (Å²) in [5.41, 5.74) is 0.827. The van der Waals surface area contributed by atoms with Gasteiger partial charge in [0, 0.05) is 39.7 Å². The standard InChI is InChI=1S/C24H29NO11/c1-11-8-20(30)35-18-9-16(6-7-17(11)18)34-24-21(25-12(2)26)23(33-15(5)29)22(32-14(4)28)19(36-24)10-31-13(3)27/h6-9,17-19,21-24H,10H2,1-5H3,(H,25,26)/t17-,18-,19-,21+,22+,23+,24+/m0/s1. The average Bonchev–Trinajstić information content (AvgIpc) is 2.75. The molecule has 0 aromatic carbocycles. The van der Waals surface area contributed by atoms with Crippen LogP contribution in [0, 0.1) is 5.92 Å². The summed E-state index contributed by atoms with van der Waals surface area (Å²) in [6.45, 7) is 6.21. The van der Waals surface area contributed by atoms with Crippen LogP contribution in [0.15, 0.2) is 35.6 Å². The van der Waals surface area contributed by atoms with E-state index in [4.69, 9.17) is 28.4 Å². The molecule has 7 atom stereocenters. The van der Waals surface area contributed by atoms with Crippen molar-refractivity contribution in [2.24, 2.45) is 5.92 Å². The number of amides is 1. The molecule has 0 radical (unpaired) electrons. The van der Waals surface area contributed by atoms with Gasteiger partial charge in [0.05, 0.1) is 0 Å². The van der Waals surface area contributed by atoms with Crippen molar-refractivity contribution >= 4 is 29.8 Å². The normalized spacial score (nSPS) is 31.0.